The van der Waals surface area contributed by atoms with E-state index in [-0.39, 0.29) is 0 Å². The van der Waals surface area contributed by atoms with Crippen molar-refractivity contribution in [1.82, 2.24) is 4.42 Å². The Hall–Kier alpha value is -0.730. The minimum Gasteiger partial charge on any atom is -0.497 e. The van der Waals surface area contributed by atoms with Gasteiger partial charge < -0.3 is 4.74 Å². The minimum atomic E-state index is 0.721. The van der Waals surface area contributed by atoms with Gasteiger partial charge in [0.2, 0.25) is 0 Å². The van der Waals surface area contributed by atoms with Crippen molar-refractivity contribution in [3.63, 3.8) is 0 Å². The van der Waals surface area contributed by atoms with Crippen molar-refractivity contribution >= 4 is 11.8 Å². The van der Waals surface area contributed by atoms with Crippen molar-refractivity contribution in [2.24, 2.45) is 0 Å². The molecule has 0 atom stereocenters. The topological polar surface area (TPSA) is 12.5 Å². The predicted molar refractivity (Wildman–Crippen MR) is 50.3 cm³/mol. The van der Waals surface area contributed by atoms with Gasteiger partial charge in [0.05, 0.1) is 7.11 Å². The normalized spacial score (nSPS) is 10.3. The lowest BCUT2D eigenvalue weighted by molar-refractivity contribution is 0.413. The van der Waals surface area contributed by atoms with Gasteiger partial charge in [-0.1, -0.05) is 12.1 Å². The first-order valence-electron chi connectivity index (χ1n) is 3.72. The van der Waals surface area contributed by atoms with Gasteiger partial charge in [-0.25, -0.2) is 4.42 Å². The average Bonchev–Trinajstić information content (AvgIpc) is 2.03. The summed E-state index contributed by atoms with van der Waals surface area (Å²) in [5, 5.41) is 0. The molecule has 0 bridgehead atoms. The van der Waals surface area contributed by atoms with E-state index in [0.717, 1.165) is 17.9 Å². The van der Waals surface area contributed by atoms with Crippen molar-refractivity contribution in [1.29, 1.82) is 0 Å². The maximum Gasteiger partial charge on any atom is 0.119 e. The Morgan fingerprint density at radius 2 is 2.25 bits per heavy atom. The molecule has 0 unspecified atom stereocenters. The molecule has 0 saturated heterocycles. The summed E-state index contributed by atoms with van der Waals surface area (Å²) in [6.07, 6.45) is 0. The van der Waals surface area contributed by atoms with Crippen LogP contribution >= 0.6 is 11.8 Å². The van der Waals surface area contributed by atoms with Crippen LogP contribution in [0.4, 0.5) is 0 Å². The molecule has 0 aliphatic rings. The Morgan fingerprint density at radius 3 is 2.83 bits per heavy atom. The Morgan fingerprint density at radius 1 is 1.50 bits per heavy atom. The minimum absolute atomic E-state index is 0.721. The molecule has 1 aromatic rings. The summed E-state index contributed by atoms with van der Waals surface area (Å²) in [7, 11) is 3.48. The molecule has 1 aromatic carbocycles. The zero-order chi connectivity index (χ0) is 8.97. The molecule has 0 amide bonds. The molecular formula is C9H12ClNO. The lowest BCUT2D eigenvalue weighted by Crippen LogP contribution is -2.03. The van der Waals surface area contributed by atoms with E-state index in [1.807, 2.05) is 31.3 Å². The molecule has 0 spiro atoms. The molecule has 12 heavy (non-hydrogen) atoms. The third-order valence-corrected chi connectivity index (χ3v) is 1.65. The standard InChI is InChI=1S/C9H12ClNO/c1-11(10)7-8-4-3-5-9(6-8)12-2/h3-6H,7H2,1-2H3. The largest absolute Gasteiger partial charge is 0.497 e. The van der Waals surface area contributed by atoms with Crippen molar-refractivity contribution in [3.8, 4) is 5.75 Å². The van der Waals surface area contributed by atoms with Gasteiger partial charge in [-0.3, -0.25) is 0 Å². The van der Waals surface area contributed by atoms with Crippen LogP contribution in [0.15, 0.2) is 24.3 Å². The lowest BCUT2D eigenvalue weighted by Gasteiger charge is -2.07. The van der Waals surface area contributed by atoms with E-state index in [0.29, 0.717) is 0 Å². The number of hydrogen-bond acceptors (Lipinski definition) is 2. The van der Waals surface area contributed by atoms with Crippen LogP contribution in [0.2, 0.25) is 0 Å². The highest BCUT2D eigenvalue weighted by Gasteiger charge is 1.97. The first-order chi connectivity index (χ1) is 5.72. The Labute approximate surface area is 77.8 Å². The maximum absolute atomic E-state index is 5.70. The number of benzene rings is 1. The summed E-state index contributed by atoms with van der Waals surface area (Å²) in [4.78, 5) is 0. The molecule has 66 valence electrons. The number of ether oxygens (including phenoxy) is 1. The van der Waals surface area contributed by atoms with E-state index in [9.17, 15) is 0 Å². The molecule has 2 nitrogen and oxygen atoms in total. The number of halogens is 1. The molecule has 0 aliphatic carbocycles. The Balaban J connectivity index is 2.72. The van der Waals surface area contributed by atoms with Crippen LogP contribution in [-0.4, -0.2) is 18.6 Å². The van der Waals surface area contributed by atoms with Crippen molar-refractivity contribution in [2.75, 3.05) is 14.2 Å². The first-order valence-corrected chi connectivity index (χ1v) is 4.06. The summed E-state index contributed by atoms with van der Waals surface area (Å²) in [6, 6.07) is 7.85. The third kappa shape index (κ3) is 2.72. The Bertz CT molecular complexity index is 250. The zero-order valence-electron chi connectivity index (χ0n) is 7.25. The van der Waals surface area contributed by atoms with Crippen LogP contribution in [0.5, 0.6) is 5.75 Å². The van der Waals surface area contributed by atoms with Gasteiger partial charge in [0.1, 0.15) is 5.75 Å². The molecule has 0 N–H and O–H groups in total. The fourth-order valence-corrected chi connectivity index (χ4v) is 1.16. The first kappa shape index (κ1) is 9.36. The second-order valence-corrected chi connectivity index (χ2v) is 3.19. The van der Waals surface area contributed by atoms with E-state index in [1.54, 1.807) is 11.5 Å². The van der Waals surface area contributed by atoms with Crippen LogP contribution in [0.25, 0.3) is 0 Å². The molecule has 0 aromatic heterocycles. The highest BCUT2D eigenvalue weighted by atomic mass is 35.5. The fourth-order valence-electron chi connectivity index (χ4n) is 1.02. The zero-order valence-corrected chi connectivity index (χ0v) is 8.01. The summed E-state index contributed by atoms with van der Waals surface area (Å²) >= 11 is 5.70. The van der Waals surface area contributed by atoms with Crippen molar-refractivity contribution < 1.29 is 4.74 Å². The number of methoxy groups -OCH3 is 1. The summed E-state index contributed by atoms with van der Waals surface area (Å²) in [6.45, 7) is 0.721. The lowest BCUT2D eigenvalue weighted by atomic mass is 10.2. The summed E-state index contributed by atoms with van der Waals surface area (Å²) in [5.74, 6) is 0.867. The quantitative estimate of drug-likeness (QED) is 0.670. The van der Waals surface area contributed by atoms with Crippen molar-refractivity contribution in [3.05, 3.63) is 29.8 Å². The SMILES string of the molecule is COc1cccc(CN(C)Cl)c1. The van der Waals surface area contributed by atoms with E-state index in [2.05, 4.69) is 0 Å². The van der Waals surface area contributed by atoms with Crippen LogP contribution in [-0.2, 0) is 6.54 Å². The molecule has 1 rings (SSSR count). The smallest absolute Gasteiger partial charge is 0.119 e. The predicted octanol–water partition coefficient (Wildman–Crippen LogP) is 2.28. The highest BCUT2D eigenvalue weighted by molar-refractivity contribution is 6.13. The fraction of sp³-hybridized carbons (Fsp3) is 0.333. The number of nitrogens with zero attached hydrogens (tertiary/aromatic N) is 1. The molecule has 0 aliphatic heterocycles. The van der Waals surface area contributed by atoms with Gasteiger partial charge in [0, 0.05) is 13.6 Å². The monoisotopic (exact) mass is 185 g/mol. The number of hydrogen-bond donors (Lipinski definition) is 0. The van der Waals surface area contributed by atoms with Gasteiger partial charge in [0.25, 0.3) is 0 Å². The van der Waals surface area contributed by atoms with Gasteiger partial charge in [-0.15, -0.1) is 0 Å². The van der Waals surface area contributed by atoms with Gasteiger partial charge in [-0.05, 0) is 29.5 Å². The second kappa shape index (κ2) is 4.33. The average molecular weight is 186 g/mol. The van der Waals surface area contributed by atoms with E-state index in [1.165, 1.54) is 0 Å². The summed E-state index contributed by atoms with van der Waals surface area (Å²) in [5.41, 5.74) is 1.15. The van der Waals surface area contributed by atoms with E-state index >= 15 is 0 Å². The molecule has 0 saturated carbocycles. The van der Waals surface area contributed by atoms with E-state index in [4.69, 9.17) is 16.5 Å². The molecular weight excluding hydrogens is 174 g/mol. The van der Waals surface area contributed by atoms with Crippen LogP contribution in [0.3, 0.4) is 0 Å². The summed E-state index contributed by atoms with van der Waals surface area (Å²) < 4.78 is 6.68. The van der Waals surface area contributed by atoms with Crippen molar-refractivity contribution in [2.45, 2.75) is 6.54 Å². The van der Waals surface area contributed by atoms with Gasteiger partial charge in [0.15, 0.2) is 0 Å². The molecule has 3 heteroatoms. The molecule has 0 fully saturated rings. The molecule has 0 heterocycles. The van der Waals surface area contributed by atoms with Gasteiger partial charge in [-0.2, -0.15) is 0 Å². The Kier molecular flexibility index (Phi) is 3.38. The molecule has 0 radical (unpaired) electrons. The maximum atomic E-state index is 5.70. The second-order valence-electron chi connectivity index (χ2n) is 2.61. The van der Waals surface area contributed by atoms with Crippen LogP contribution in [0, 0.1) is 0 Å². The third-order valence-electron chi connectivity index (χ3n) is 1.53. The van der Waals surface area contributed by atoms with Crippen LogP contribution in [0.1, 0.15) is 5.56 Å². The van der Waals surface area contributed by atoms with E-state index < -0.39 is 0 Å². The van der Waals surface area contributed by atoms with Crippen LogP contribution < -0.4 is 4.74 Å². The number of rotatable bonds is 3. The highest BCUT2D eigenvalue weighted by Crippen LogP contribution is 2.14. The van der Waals surface area contributed by atoms with Gasteiger partial charge >= 0.3 is 0 Å².